The Morgan fingerprint density at radius 2 is 2.32 bits per heavy atom. The average Bonchev–Trinajstić information content (AvgIpc) is 2.70. The summed E-state index contributed by atoms with van der Waals surface area (Å²) < 4.78 is 33.2. The normalized spacial score (nSPS) is 21.7. The van der Waals surface area contributed by atoms with Crippen LogP contribution in [-0.2, 0) is 14.8 Å². The smallest absolute Gasteiger partial charge is 0.244 e. The number of sulfonamides is 1. The summed E-state index contributed by atoms with van der Waals surface area (Å²) in [6.07, 6.45) is 1.82. The van der Waals surface area contributed by atoms with Crippen LogP contribution in [0.25, 0.3) is 0 Å². The first-order chi connectivity index (χ1) is 8.95. The van der Waals surface area contributed by atoms with Crippen LogP contribution in [0.4, 0.5) is 0 Å². The SMILES string of the molecule is CCOC1CCCN(S(=O)(=O)c2cc(Br)sc2C)C1. The van der Waals surface area contributed by atoms with Gasteiger partial charge >= 0.3 is 0 Å². The highest BCUT2D eigenvalue weighted by molar-refractivity contribution is 9.11. The number of piperidine rings is 1. The number of aryl methyl sites for hydroxylation is 1. The van der Waals surface area contributed by atoms with Gasteiger partial charge in [0.05, 0.1) is 14.8 Å². The van der Waals surface area contributed by atoms with Crippen molar-refractivity contribution in [1.29, 1.82) is 0 Å². The minimum atomic E-state index is -3.39. The second-order valence-electron chi connectivity index (χ2n) is 4.55. The van der Waals surface area contributed by atoms with E-state index in [1.165, 1.54) is 11.3 Å². The molecule has 1 aliphatic heterocycles. The Balaban J connectivity index is 2.22. The lowest BCUT2D eigenvalue weighted by atomic mass is 10.1. The number of halogens is 1. The quantitative estimate of drug-likeness (QED) is 0.821. The van der Waals surface area contributed by atoms with Gasteiger partial charge < -0.3 is 4.74 Å². The fourth-order valence-electron chi connectivity index (χ4n) is 2.32. The lowest BCUT2D eigenvalue weighted by molar-refractivity contribution is 0.0265. The lowest BCUT2D eigenvalue weighted by Gasteiger charge is -2.31. The average molecular weight is 368 g/mol. The van der Waals surface area contributed by atoms with Crippen LogP contribution < -0.4 is 0 Å². The van der Waals surface area contributed by atoms with Crippen LogP contribution in [0.1, 0.15) is 24.6 Å². The van der Waals surface area contributed by atoms with E-state index < -0.39 is 10.0 Å². The molecule has 4 nitrogen and oxygen atoms in total. The summed E-state index contributed by atoms with van der Waals surface area (Å²) >= 11 is 4.80. The summed E-state index contributed by atoms with van der Waals surface area (Å²) in [7, 11) is -3.39. The predicted molar refractivity (Wildman–Crippen MR) is 80.2 cm³/mol. The summed E-state index contributed by atoms with van der Waals surface area (Å²) in [5.41, 5.74) is 0. The molecular weight excluding hydrogens is 350 g/mol. The Labute approximate surface area is 126 Å². The Hall–Kier alpha value is 0.0500. The van der Waals surface area contributed by atoms with Crippen molar-refractivity contribution in [3.8, 4) is 0 Å². The van der Waals surface area contributed by atoms with Gasteiger partial charge in [0.25, 0.3) is 0 Å². The Kier molecular flexibility index (Phi) is 5.05. The standard InChI is InChI=1S/C12H18BrNO3S2/c1-3-17-10-5-4-6-14(8-10)19(15,16)11-7-12(13)18-9(11)2/h7,10H,3-6,8H2,1-2H3. The number of nitrogens with zero attached hydrogens (tertiary/aromatic N) is 1. The molecule has 1 aromatic heterocycles. The van der Waals surface area contributed by atoms with Gasteiger partial charge in [0.1, 0.15) is 0 Å². The topological polar surface area (TPSA) is 46.6 Å². The Bertz CT molecular complexity index is 539. The highest BCUT2D eigenvalue weighted by Crippen LogP contribution is 2.32. The number of hydrogen-bond acceptors (Lipinski definition) is 4. The van der Waals surface area contributed by atoms with Crippen LogP contribution in [0, 0.1) is 6.92 Å². The molecule has 1 saturated heterocycles. The third-order valence-electron chi connectivity index (χ3n) is 3.20. The maximum absolute atomic E-state index is 12.6. The highest BCUT2D eigenvalue weighted by Gasteiger charge is 2.32. The highest BCUT2D eigenvalue weighted by atomic mass is 79.9. The zero-order valence-corrected chi connectivity index (χ0v) is 14.3. The maximum atomic E-state index is 12.6. The minimum absolute atomic E-state index is 0.0240. The molecule has 1 aliphatic rings. The second-order valence-corrected chi connectivity index (χ2v) is 9.10. The van der Waals surface area contributed by atoms with Crippen LogP contribution in [0.5, 0.6) is 0 Å². The predicted octanol–water partition coefficient (Wildman–Crippen LogP) is 3.01. The first kappa shape index (κ1) is 15.4. The van der Waals surface area contributed by atoms with E-state index in [2.05, 4.69) is 15.9 Å². The molecule has 1 unspecified atom stereocenters. The molecule has 108 valence electrons. The van der Waals surface area contributed by atoms with Crippen molar-refractivity contribution in [2.75, 3.05) is 19.7 Å². The molecule has 1 fully saturated rings. The summed E-state index contributed by atoms with van der Waals surface area (Å²) in [6.45, 7) is 5.45. The van der Waals surface area contributed by atoms with E-state index in [0.29, 0.717) is 24.6 Å². The van der Waals surface area contributed by atoms with Crippen molar-refractivity contribution in [3.63, 3.8) is 0 Å². The van der Waals surface area contributed by atoms with Gasteiger partial charge in [-0.1, -0.05) is 0 Å². The summed E-state index contributed by atoms with van der Waals surface area (Å²) in [6, 6.07) is 1.69. The van der Waals surface area contributed by atoms with E-state index in [0.717, 1.165) is 21.5 Å². The van der Waals surface area contributed by atoms with Crippen molar-refractivity contribution < 1.29 is 13.2 Å². The Morgan fingerprint density at radius 3 is 2.89 bits per heavy atom. The number of ether oxygens (including phenoxy) is 1. The van der Waals surface area contributed by atoms with E-state index in [1.807, 2.05) is 13.8 Å². The van der Waals surface area contributed by atoms with Crippen LogP contribution >= 0.6 is 27.3 Å². The van der Waals surface area contributed by atoms with E-state index in [1.54, 1.807) is 10.4 Å². The van der Waals surface area contributed by atoms with Crippen LogP contribution in [-0.4, -0.2) is 38.5 Å². The zero-order chi connectivity index (χ0) is 14.0. The summed E-state index contributed by atoms with van der Waals surface area (Å²) in [4.78, 5) is 1.24. The maximum Gasteiger partial charge on any atom is 0.244 e. The van der Waals surface area contributed by atoms with Gasteiger partial charge in [-0.05, 0) is 48.7 Å². The molecule has 0 radical (unpaired) electrons. The molecule has 0 bridgehead atoms. The number of thiophene rings is 1. The molecule has 19 heavy (non-hydrogen) atoms. The zero-order valence-electron chi connectivity index (χ0n) is 11.1. The van der Waals surface area contributed by atoms with Crippen LogP contribution in [0.2, 0.25) is 0 Å². The van der Waals surface area contributed by atoms with E-state index in [9.17, 15) is 8.42 Å². The van der Waals surface area contributed by atoms with Gasteiger partial charge in [-0.25, -0.2) is 8.42 Å². The molecule has 7 heteroatoms. The van der Waals surface area contributed by atoms with Crippen molar-refractivity contribution in [2.45, 2.75) is 37.7 Å². The molecule has 0 saturated carbocycles. The molecule has 1 atom stereocenters. The van der Waals surface area contributed by atoms with E-state index in [-0.39, 0.29) is 6.10 Å². The van der Waals surface area contributed by atoms with Gasteiger partial charge in [-0.15, -0.1) is 11.3 Å². The van der Waals surface area contributed by atoms with Crippen molar-refractivity contribution >= 4 is 37.3 Å². The third-order valence-corrected chi connectivity index (χ3v) is 6.88. The minimum Gasteiger partial charge on any atom is -0.377 e. The fraction of sp³-hybridized carbons (Fsp3) is 0.667. The first-order valence-corrected chi connectivity index (χ1v) is 9.37. The lowest BCUT2D eigenvalue weighted by Crippen LogP contribution is -2.43. The molecular formula is C12H18BrNO3S2. The monoisotopic (exact) mass is 367 g/mol. The summed E-state index contributed by atoms with van der Waals surface area (Å²) in [5.74, 6) is 0. The van der Waals surface area contributed by atoms with Gasteiger partial charge in [0.2, 0.25) is 10.0 Å². The van der Waals surface area contributed by atoms with E-state index >= 15 is 0 Å². The Morgan fingerprint density at radius 1 is 1.58 bits per heavy atom. The molecule has 2 rings (SSSR count). The van der Waals surface area contributed by atoms with E-state index in [4.69, 9.17) is 4.74 Å². The number of rotatable bonds is 4. The molecule has 0 aliphatic carbocycles. The second kappa shape index (κ2) is 6.22. The molecule has 1 aromatic rings. The van der Waals surface area contributed by atoms with Crippen molar-refractivity contribution in [3.05, 3.63) is 14.7 Å². The van der Waals surface area contributed by atoms with Gasteiger partial charge in [-0.2, -0.15) is 4.31 Å². The van der Waals surface area contributed by atoms with Crippen molar-refractivity contribution in [2.24, 2.45) is 0 Å². The fourth-order valence-corrected chi connectivity index (χ4v) is 6.21. The van der Waals surface area contributed by atoms with Crippen LogP contribution in [0.15, 0.2) is 14.7 Å². The van der Waals surface area contributed by atoms with Gasteiger partial charge in [-0.3, -0.25) is 0 Å². The van der Waals surface area contributed by atoms with Crippen LogP contribution in [0.3, 0.4) is 0 Å². The van der Waals surface area contributed by atoms with Gasteiger partial charge in [0, 0.05) is 24.6 Å². The van der Waals surface area contributed by atoms with Crippen molar-refractivity contribution in [1.82, 2.24) is 4.31 Å². The molecule has 2 heterocycles. The molecule has 0 aromatic carbocycles. The molecule has 0 spiro atoms. The van der Waals surface area contributed by atoms with Gasteiger partial charge in [0.15, 0.2) is 0 Å². The third kappa shape index (κ3) is 3.39. The molecule has 0 amide bonds. The molecule has 0 N–H and O–H groups in total. The first-order valence-electron chi connectivity index (χ1n) is 6.33. The largest absolute Gasteiger partial charge is 0.377 e. The number of hydrogen-bond donors (Lipinski definition) is 0. The summed E-state index contributed by atoms with van der Waals surface area (Å²) in [5, 5.41) is 0.